The van der Waals surface area contributed by atoms with Gasteiger partial charge in [-0.3, -0.25) is 0 Å². The molecule has 2 N–H and O–H groups in total. The Morgan fingerprint density at radius 1 is 0.500 bits per heavy atom. The summed E-state index contributed by atoms with van der Waals surface area (Å²) >= 11 is 0. The number of aliphatic hydroxyl groups is 2. The summed E-state index contributed by atoms with van der Waals surface area (Å²) < 4.78 is 0. The number of rotatable bonds is 17. The number of unbranched alkanes of at least 4 members (excludes halogenated alkanes) is 10. The summed E-state index contributed by atoms with van der Waals surface area (Å²) in [6.45, 7) is 4.28. The molecule has 0 fully saturated rings. The van der Waals surface area contributed by atoms with Crippen LogP contribution in [0.25, 0.3) is 0 Å². The molecule has 0 aliphatic rings. The molecule has 0 heterocycles. The van der Waals surface area contributed by atoms with Crippen LogP contribution in [0.1, 0.15) is 117 Å². The Bertz CT molecular complexity index is 206. The van der Waals surface area contributed by atoms with E-state index in [2.05, 4.69) is 6.92 Å². The minimum absolute atomic E-state index is 0.0538. The van der Waals surface area contributed by atoms with E-state index in [0.717, 1.165) is 25.7 Å². The third-order valence-corrected chi connectivity index (χ3v) is 4.69. The lowest BCUT2D eigenvalue weighted by molar-refractivity contribution is 0.147. The fourth-order valence-electron chi connectivity index (χ4n) is 2.98. The first-order valence-electron chi connectivity index (χ1n) is 10.1. The molecule has 0 aromatic carbocycles. The van der Waals surface area contributed by atoms with Gasteiger partial charge in [0, 0.05) is 0 Å². The SMILES string of the molecule is CCCCCCC(O)CCCCCCCCCCC(O)CC. The van der Waals surface area contributed by atoms with Crippen molar-refractivity contribution in [3.05, 3.63) is 0 Å². The van der Waals surface area contributed by atoms with E-state index in [4.69, 9.17) is 0 Å². The van der Waals surface area contributed by atoms with Crippen molar-refractivity contribution in [2.45, 2.75) is 129 Å². The highest BCUT2D eigenvalue weighted by Crippen LogP contribution is 2.14. The summed E-state index contributed by atoms with van der Waals surface area (Å²) in [7, 11) is 0. The van der Waals surface area contributed by atoms with Gasteiger partial charge >= 0.3 is 0 Å². The first-order valence-corrected chi connectivity index (χ1v) is 10.1. The maximum absolute atomic E-state index is 9.89. The topological polar surface area (TPSA) is 40.5 Å². The molecule has 0 aromatic rings. The van der Waals surface area contributed by atoms with Gasteiger partial charge in [0.15, 0.2) is 0 Å². The Kier molecular flexibility index (Phi) is 17.2. The lowest BCUT2D eigenvalue weighted by Gasteiger charge is -2.10. The minimum Gasteiger partial charge on any atom is -0.393 e. The minimum atomic E-state index is -0.0756. The number of hydrogen-bond donors (Lipinski definition) is 2. The zero-order valence-corrected chi connectivity index (χ0v) is 15.4. The van der Waals surface area contributed by atoms with Gasteiger partial charge in [0.05, 0.1) is 12.2 Å². The van der Waals surface area contributed by atoms with E-state index < -0.39 is 0 Å². The molecule has 0 saturated heterocycles. The Balaban J connectivity index is 3.13. The molecule has 0 radical (unpaired) electrons. The Labute approximate surface area is 139 Å². The van der Waals surface area contributed by atoms with Gasteiger partial charge in [-0.15, -0.1) is 0 Å². The van der Waals surface area contributed by atoms with Crippen LogP contribution >= 0.6 is 0 Å². The van der Waals surface area contributed by atoms with Crippen LogP contribution in [0.5, 0.6) is 0 Å². The predicted octanol–water partition coefficient (Wildman–Crippen LogP) is 5.99. The standard InChI is InChI=1S/C20H42O2/c1-3-5-6-13-17-20(22)18-15-12-10-8-7-9-11-14-16-19(21)4-2/h19-22H,3-18H2,1-2H3. The molecule has 2 unspecified atom stereocenters. The first kappa shape index (κ1) is 21.9. The van der Waals surface area contributed by atoms with Gasteiger partial charge in [0.2, 0.25) is 0 Å². The molecule has 0 bridgehead atoms. The highest BCUT2D eigenvalue weighted by Gasteiger charge is 2.03. The monoisotopic (exact) mass is 314 g/mol. The summed E-state index contributed by atoms with van der Waals surface area (Å²) in [6.07, 6.45) is 19.0. The van der Waals surface area contributed by atoms with Crippen LogP contribution in [-0.2, 0) is 0 Å². The van der Waals surface area contributed by atoms with Crippen molar-refractivity contribution in [1.29, 1.82) is 0 Å². The molecule has 2 atom stereocenters. The Hall–Kier alpha value is -0.0800. The van der Waals surface area contributed by atoms with E-state index in [1.165, 1.54) is 77.0 Å². The highest BCUT2D eigenvalue weighted by molar-refractivity contribution is 4.57. The molecule has 134 valence electrons. The molecule has 2 heteroatoms. The Morgan fingerprint density at radius 3 is 1.27 bits per heavy atom. The molecular formula is C20H42O2. The van der Waals surface area contributed by atoms with Gasteiger partial charge in [-0.1, -0.05) is 90.9 Å². The van der Waals surface area contributed by atoms with Gasteiger partial charge < -0.3 is 10.2 Å². The van der Waals surface area contributed by atoms with Gasteiger partial charge in [-0.2, -0.15) is 0 Å². The second kappa shape index (κ2) is 17.3. The summed E-state index contributed by atoms with van der Waals surface area (Å²) in [5.41, 5.74) is 0. The highest BCUT2D eigenvalue weighted by atomic mass is 16.3. The number of aliphatic hydroxyl groups excluding tert-OH is 2. The quantitative estimate of drug-likeness (QED) is 0.324. The van der Waals surface area contributed by atoms with E-state index >= 15 is 0 Å². The smallest absolute Gasteiger partial charge is 0.0540 e. The lowest BCUT2D eigenvalue weighted by atomic mass is 10.0. The second-order valence-electron chi connectivity index (χ2n) is 6.97. The maximum atomic E-state index is 9.89. The van der Waals surface area contributed by atoms with Gasteiger partial charge in [0.1, 0.15) is 0 Å². The van der Waals surface area contributed by atoms with Crippen LogP contribution in [0.3, 0.4) is 0 Å². The van der Waals surface area contributed by atoms with Crippen LogP contribution < -0.4 is 0 Å². The molecule has 0 spiro atoms. The van der Waals surface area contributed by atoms with Crippen molar-refractivity contribution in [1.82, 2.24) is 0 Å². The molecular weight excluding hydrogens is 272 g/mol. The van der Waals surface area contributed by atoms with Crippen molar-refractivity contribution in [3.63, 3.8) is 0 Å². The molecule has 0 aliphatic carbocycles. The summed E-state index contributed by atoms with van der Waals surface area (Å²) in [6, 6.07) is 0. The van der Waals surface area contributed by atoms with Crippen molar-refractivity contribution >= 4 is 0 Å². The van der Waals surface area contributed by atoms with E-state index in [1.807, 2.05) is 6.92 Å². The van der Waals surface area contributed by atoms with E-state index in [0.29, 0.717) is 0 Å². The summed E-state index contributed by atoms with van der Waals surface area (Å²) in [5.74, 6) is 0. The van der Waals surface area contributed by atoms with Crippen LogP contribution in [0.2, 0.25) is 0 Å². The third-order valence-electron chi connectivity index (χ3n) is 4.69. The fourth-order valence-corrected chi connectivity index (χ4v) is 2.98. The van der Waals surface area contributed by atoms with E-state index in [-0.39, 0.29) is 12.2 Å². The average molecular weight is 315 g/mol. The zero-order chi connectivity index (χ0) is 16.5. The van der Waals surface area contributed by atoms with E-state index in [1.54, 1.807) is 0 Å². The molecule has 0 amide bonds. The van der Waals surface area contributed by atoms with Crippen molar-refractivity contribution < 1.29 is 10.2 Å². The predicted molar refractivity (Wildman–Crippen MR) is 97.2 cm³/mol. The fraction of sp³-hybridized carbons (Fsp3) is 1.00. The first-order chi connectivity index (χ1) is 10.7. The normalized spacial score (nSPS) is 14.2. The lowest BCUT2D eigenvalue weighted by Crippen LogP contribution is -2.05. The van der Waals surface area contributed by atoms with Gasteiger partial charge in [0.25, 0.3) is 0 Å². The van der Waals surface area contributed by atoms with Crippen LogP contribution in [0, 0.1) is 0 Å². The van der Waals surface area contributed by atoms with Crippen LogP contribution in [0.15, 0.2) is 0 Å². The molecule has 0 rings (SSSR count). The molecule has 0 aromatic heterocycles. The van der Waals surface area contributed by atoms with Crippen LogP contribution in [0.4, 0.5) is 0 Å². The molecule has 0 aliphatic heterocycles. The molecule has 0 saturated carbocycles. The van der Waals surface area contributed by atoms with Crippen molar-refractivity contribution in [3.8, 4) is 0 Å². The second-order valence-corrected chi connectivity index (χ2v) is 6.97. The zero-order valence-electron chi connectivity index (χ0n) is 15.4. The Morgan fingerprint density at radius 2 is 0.864 bits per heavy atom. The molecule has 2 nitrogen and oxygen atoms in total. The van der Waals surface area contributed by atoms with Crippen molar-refractivity contribution in [2.24, 2.45) is 0 Å². The largest absolute Gasteiger partial charge is 0.393 e. The van der Waals surface area contributed by atoms with E-state index in [9.17, 15) is 10.2 Å². The van der Waals surface area contributed by atoms with Crippen LogP contribution in [-0.4, -0.2) is 22.4 Å². The third kappa shape index (κ3) is 16.3. The van der Waals surface area contributed by atoms with Crippen molar-refractivity contribution in [2.75, 3.05) is 0 Å². The van der Waals surface area contributed by atoms with Gasteiger partial charge in [-0.05, 0) is 25.7 Å². The summed E-state index contributed by atoms with van der Waals surface area (Å²) in [4.78, 5) is 0. The number of hydrogen-bond acceptors (Lipinski definition) is 2. The maximum Gasteiger partial charge on any atom is 0.0540 e. The molecule has 22 heavy (non-hydrogen) atoms. The average Bonchev–Trinajstić information content (AvgIpc) is 2.53. The van der Waals surface area contributed by atoms with Gasteiger partial charge in [-0.25, -0.2) is 0 Å². The summed E-state index contributed by atoms with van der Waals surface area (Å²) in [5, 5.41) is 19.4.